The summed E-state index contributed by atoms with van der Waals surface area (Å²) in [6.07, 6.45) is 4.13. The first-order valence-corrected chi connectivity index (χ1v) is 8.23. The summed E-state index contributed by atoms with van der Waals surface area (Å²) in [5.74, 6) is 0. The molecule has 0 aromatic heterocycles. The molecule has 1 aliphatic rings. The van der Waals surface area contributed by atoms with Crippen LogP contribution in [0.15, 0.2) is 48.5 Å². The Hall–Kier alpha value is -1.54. The molecule has 1 aliphatic heterocycles. The molecule has 0 atom stereocenters. The minimum atomic E-state index is 0.493. The third kappa shape index (κ3) is 3.06. The summed E-state index contributed by atoms with van der Waals surface area (Å²) in [5, 5.41) is 0. The first kappa shape index (κ1) is 14.4. The van der Waals surface area contributed by atoms with Crippen molar-refractivity contribution >= 4 is 17.8 Å². The molecule has 0 unspecified atom stereocenters. The highest BCUT2D eigenvalue weighted by Gasteiger charge is 2.22. The largest absolute Gasteiger partial charge is 0.540 e. The van der Waals surface area contributed by atoms with Crippen molar-refractivity contribution < 1.29 is 4.81 Å². The van der Waals surface area contributed by atoms with Crippen molar-refractivity contribution in [2.75, 3.05) is 13.1 Å². The van der Waals surface area contributed by atoms with E-state index in [0.29, 0.717) is 6.85 Å². The topological polar surface area (TPSA) is 4.44 Å². The van der Waals surface area contributed by atoms with Gasteiger partial charge in [-0.15, -0.1) is 0 Å². The second kappa shape index (κ2) is 6.49. The van der Waals surface area contributed by atoms with Gasteiger partial charge in [0.15, 0.2) is 6.85 Å². The maximum atomic E-state index is 2.33. The average molecular weight is 278 g/mol. The van der Waals surface area contributed by atoms with Crippen LogP contribution in [0.1, 0.15) is 30.4 Å². The fraction of sp³-hybridized carbons (Fsp3) is 0.368. The predicted molar refractivity (Wildman–Crippen MR) is 91.9 cm³/mol. The van der Waals surface area contributed by atoms with Crippen LogP contribution in [0.3, 0.4) is 0 Å². The fourth-order valence-electron chi connectivity index (χ4n) is 3.72. The van der Waals surface area contributed by atoms with Gasteiger partial charge in [-0.05, 0) is 33.1 Å². The highest BCUT2D eigenvalue weighted by atomic mass is 15.1. The van der Waals surface area contributed by atoms with Crippen LogP contribution in [0.2, 0.25) is 0 Å². The summed E-state index contributed by atoms with van der Waals surface area (Å²) >= 11 is 0. The van der Waals surface area contributed by atoms with Crippen LogP contribution in [0, 0.1) is 13.8 Å². The normalized spacial score (nSPS) is 16.3. The van der Waals surface area contributed by atoms with Gasteiger partial charge in [0.2, 0.25) is 0 Å². The van der Waals surface area contributed by atoms with Gasteiger partial charge in [0.1, 0.15) is 0 Å². The molecule has 0 aliphatic carbocycles. The highest BCUT2D eigenvalue weighted by molar-refractivity contribution is 6.79. The van der Waals surface area contributed by atoms with Gasteiger partial charge in [0.25, 0.3) is 0 Å². The molecule has 1 nitrogen and oxygen atoms in total. The van der Waals surface area contributed by atoms with E-state index in [1.807, 2.05) is 0 Å². The van der Waals surface area contributed by atoms with Gasteiger partial charge in [-0.25, -0.2) is 0 Å². The second-order valence-corrected chi connectivity index (χ2v) is 6.37. The zero-order valence-electron chi connectivity index (χ0n) is 13.2. The van der Waals surface area contributed by atoms with Gasteiger partial charge in [0.05, 0.1) is 0 Å². The number of quaternary nitrogens is 1. The van der Waals surface area contributed by atoms with Crippen LogP contribution in [-0.2, 0) is 0 Å². The van der Waals surface area contributed by atoms with Crippen molar-refractivity contribution in [2.45, 2.75) is 33.1 Å². The third-order valence-electron chi connectivity index (χ3n) is 4.90. The first-order valence-electron chi connectivity index (χ1n) is 8.23. The van der Waals surface area contributed by atoms with E-state index in [1.165, 1.54) is 54.4 Å². The van der Waals surface area contributed by atoms with Crippen molar-refractivity contribution in [3.63, 3.8) is 0 Å². The minimum absolute atomic E-state index is 0.493. The smallest absolute Gasteiger partial charge is 0.192 e. The molecule has 1 heterocycles. The molecule has 0 bridgehead atoms. The Kier molecular flexibility index (Phi) is 4.45. The fourth-order valence-corrected chi connectivity index (χ4v) is 3.72. The molecule has 2 aromatic rings. The van der Waals surface area contributed by atoms with Gasteiger partial charge in [-0.2, -0.15) is 10.9 Å². The van der Waals surface area contributed by atoms with Crippen LogP contribution in [-0.4, -0.2) is 19.9 Å². The summed E-state index contributed by atoms with van der Waals surface area (Å²) < 4.78 is 0. The Labute approximate surface area is 129 Å². The number of nitrogens with one attached hydrogen (secondary N) is 1. The standard InChI is InChI=1S/C19H25BN/c1-16-10-4-6-12-18(16)20(21-14-8-3-9-15-21)19-13-7-5-11-17(19)2/h4-7,10-13,21H,3,8-9,14-15H2,1-2H3. The molecule has 2 aromatic carbocycles. The number of benzene rings is 2. The van der Waals surface area contributed by atoms with Crippen LogP contribution >= 0.6 is 0 Å². The molecule has 0 saturated carbocycles. The van der Waals surface area contributed by atoms with Gasteiger partial charge in [-0.3, -0.25) is 0 Å². The Bertz CT molecular complexity index is 557. The monoisotopic (exact) mass is 278 g/mol. The van der Waals surface area contributed by atoms with Gasteiger partial charge in [-0.1, -0.05) is 59.7 Å². The van der Waals surface area contributed by atoms with E-state index in [9.17, 15) is 0 Å². The molecule has 21 heavy (non-hydrogen) atoms. The minimum Gasteiger partial charge on any atom is -0.540 e. The van der Waals surface area contributed by atoms with E-state index in [4.69, 9.17) is 0 Å². The molecular formula is C19H25BN. The lowest BCUT2D eigenvalue weighted by molar-refractivity contribution is -0.793. The maximum absolute atomic E-state index is 2.33. The van der Waals surface area contributed by atoms with E-state index < -0.39 is 0 Å². The van der Waals surface area contributed by atoms with E-state index in [0.717, 1.165) is 0 Å². The molecule has 3 rings (SSSR count). The molecule has 1 N–H and O–H groups in total. The lowest BCUT2D eigenvalue weighted by Crippen LogP contribution is -3.22. The zero-order valence-corrected chi connectivity index (χ0v) is 13.2. The van der Waals surface area contributed by atoms with Crippen molar-refractivity contribution in [1.82, 2.24) is 0 Å². The SMILES string of the molecule is Cc1ccccc1[B-](c1ccccc1C)[NH+]1CCCCC1. The number of aryl methyl sites for hydroxylation is 2. The van der Waals surface area contributed by atoms with Crippen LogP contribution < -0.4 is 15.7 Å². The molecule has 1 saturated heterocycles. The quantitative estimate of drug-likeness (QED) is 0.811. The Balaban J connectivity index is 2.07. The molecular weight excluding hydrogens is 253 g/mol. The highest BCUT2D eigenvalue weighted by Crippen LogP contribution is 2.01. The number of hydrogen-bond acceptors (Lipinski definition) is 0. The summed E-state index contributed by atoms with van der Waals surface area (Å²) in [5.41, 5.74) is 5.85. The lowest BCUT2D eigenvalue weighted by Gasteiger charge is -2.42. The molecule has 1 fully saturated rings. The van der Waals surface area contributed by atoms with Crippen LogP contribution in [0.5, 0.6) is 0 Å². The van der Waals surface area contributed by atoms with Gasteiger partial charge < -0.3 is 4.81 Å². The molecule has 0 spiro atoms. The molecule has 109 valence electrons. The first-order chi connectivity index (χ1) is 10.3. The van der Waals surface area contributed by atoms with Crippen molar-refractivity contribution in [3.8, 4) is 0 Å². The summed E-state index contributed by atoms with van der Waals surface area (Å²) in [6, 6.07) is 17.8. The Morgan fingerprint density at radius 1 is 0.714 bits per heavy atom. The second-order valence-electron chi connectivity index (χ2n) is 6.37. The third-order valence-corrected chi connectivity index (χ3v) is 4.90. The van der Waals surface area contributed by atoms with Crippen molar-refractivity contribution in [2.24, 2.45) is 0 Å². The van der Waals surface area contributed by atoms with Crippen molar-refractivity contribution in [1.29, 1.82) is 0 Å². The van der Waals surface area contributed by atoms with E-state index in [-0.39, 0.29) is 0 Å². The van der Waals surface area contributed by atoms with Crippen LogP contribution in [0.25, 0.3) is 0 Å². The lowest BCUT2D eigenvalue weighted by atomic mass is 9.47. The van der Waals surface area contributed by atoms with E-state index in [2.05, 4.69) is 62.4 Å². The zero-order chi connectivity index (χ0) is 14.7. The van der Waals surface area contributed by atoms with Crippen LogP contribution in [0.4, 0.5) is 0 Å². The van der Waals surface area contributed by atoms with E-state index >= 15 is 0 Å². The van der Waals surface area contributed by atoms with Crippen molar-refractivity contribution in [3.05, 3.63) is 59.7 Å². The summed E-state index contributed by atoms with van der Waals surface area (Å²) in [7, 11) is 0. The number of hydrogen-bond donors (Lipinski definition) is 1. The summed E-state index contributed by atoms with van der Waals surface area (Å²) in [4.78, 5) is 1.74. The molecule has 0 amide bonds. The average Bonchev–Trinajstić information content (AvgIpc) is 2.52. The predicted octanol–water partition coefficient (Wildman–Crippen LogP) is 1.48. The maximum Gasteiger partial charge on any atom is 0.192 e. The number of piperidine rings is 1. The Morgan fingerprint density at radius 2 is 1.19 bits per heavy atom. The number of rotatable bonds is 3. The summed E-state index contributed by atoms with van der Waals surface area (Å²) in [6.45, 7) is 7.60. The molecule has 2 heteroatoms. The van der Waals surface area contributed by atoms with Gasteiger partial charge >= 0.3 is 0 Å². The Morgan fingerprint density at radius 3 is 1.67 bits per heavy atom. The van der Waals surface area contributed by atoms with Gasteiger partial charge in [0, 0.05) is 13.1 Å². The molecule has 1 radical (unpaired) electrons. The van der Waals surface area contributed by atoms with E-state index in [1.54, 1.807) is 4.81 Å².